The summed E-state index contributed by atoms with van der Waals surface area (Å²) in [6, 6.07) is 5.99. The molecule has 1 aromatic rings. The summed E-state index contributed by atoms with van der Waals surface area (Å²) < 4.78 is 5.58. The van der Waals surface area contributed by atoms with Gasteiger partial charge in [0.1, 0.15) is 6.04 Å². The Morgan fingerprint density at radius 2 is 1.77 bits per heavy atom. The van der Waals surface area contributed by atoms with Gasteiger partial charge in [-0.2, -0.15) is 5.10 Å². The van der Waals surface area contributed by atoms with Crippen LogP contribution in [0.25, 0.3) is 6.08 Å². The molecule has 0 spiro atoms. The topological polar surface area (TPSA) is 126 Å². The highest BCUT2D eigenvalue weighted by molar-refractivity contribution is 5.91. The van der Waals surface area contributed by atoms with Gasteiger partial charge in [0.05, 0.1) is 24.4 Å². The number of hydrazone groups is 1. The van der Waals surface area contributed by atoms with E-state index in [1.807, 2.05) is 26.0 Å². The van der Waals surface area contributed by atoms with Crippen molar-refractivity contribution >= 4 is 29.8 Å². The summed E-state index contributed by atoms with van der Waals surface area (Å²) in [5, 5.41) is 18.8. The molecule has 5 fully saturated rings. The van der Waals surface area contributed by atoms with E-state index in [4.69, 9.17) is 4.74 Å². The van der Waals surface area contributed by atoms with E-state index in [0.717, 1.165) is 67.6 Å². The predicted molar refractivity (Wildman–Crippen MR) is 164 cm³/mol. The Hall–Kier alpha value is -3.53. The van der Waals surface area contributed by atoms with Crippen molar-refractivity contribution in [3.8, 4) is 0 Å². The molecule has 7 rings (SSSR count). The average Bonchev–Trinajstić information content (AvgIpc) is 3.37. The van der Waals surface area contributed by atoms with Crippen molar-refractivity contribution in [2.24, 2.45) is 34.2 Å². The van der Waals surface area contributed by atoms with E-state index in [9.17, 15) is 19.7 Å². The van der Waals surface area contributed by atoms with Crippen molar-refractivity contribution in [2.45, 2.75) is 71.3 Å². The molecular formula is C33H43N5O5. The number of rotatable bonds is 9. The number of hydrogen-bond donors (Lipinski definition) is 2. The molecule has 10 heteroatoms. The van der Waals surface area contributed by atoms with E-state index < -0.39 is 6.04 Å². The second kappa shape index (κ2) is 12.2. The summed E-state index contributed by atoms with van der Waals surface area (Å²) in [5.74, 6) is 1.64. The molecular weight excluding hydrogens is 546 g/mol. The van der Waals surface area contributed by atoms with Crippen molar-refractivity contribution < 1.29 is 19.2 Å². The number of non-ortho nitro benzene ring substituents is 1. The van der Waals surface area contributed by atoms with Gasteiger partial charge in [-0.3, -0.25) is 19.7 Å². The maximum absolute atomic E-state index is 13.7. The number of carbonyl (C=O) groups excluding carboxylic acids is 2. The van der Waals surface area contributed by atoms with Gasteiger partial charge >= 0.3 is 0 Å². The fourth-order valence-electron chi connectivity index (χ4n) is 8.56. The molecule has 0 aromatic heterocycles. The van der Waals surface area contributed by atoms with Crippen molar-refractivity contribution in [1.82, 2.24) is 15.6 Å². The Kier molecular flexibility index (Phi) is 8.40. The minimum Gasteiger partial charge on any atom is -0.378 e. The van der Waals surface area contributed by atoms with Crippen LogP contribution in [0.1, 0.15) is 70.8 Å². The van der Waals surface area contributed by atoms with E-state index >= 15 is 0 Å². The summed E-state index contributed by atoms with van der Waals surface area (Å²) >= 11 is 0. The quantitative estimate of drug-likeness (QED) is 0.242. The molecule has 230 valence electrons. The third-order valence-corrected chi connectivity index (χ3v) is 10.2. The molecule has 43 heavy (non-hydrogen) atoms. The average molecular weight is 590 g/mol. The summed E-state index contributed by atoms with van der Waals surface area (Å²) in [6.07, 6.45) is 11.9. The molecule has 1 saturated heterocycles. The van der Waals surface area contributed by atoms with Crippen molar-refractivity contribution in [2.75, 3.05) is 26.3 Å². The van der Waals surface area contributed by atoms with Crippen LogP contribution in [0, 0.1) is 39.2 Å². The van der Waals surface area contributed by atoms with Crippen LogP contribution in [0.3, 0.4) is 0 Å². The van der Waals surface area contributed by atoms with Crippen LogP contribution in [-0.4, -0.2) is 60.2 Å². The van der Waals surface area contributed by atoms with Crippen LogP contribution in [0.4, 0.5) is 5.69 Å². The summed E-state index contributed by atoms with van der Waals surface area (Å²) in [6.45, 7) is 6.61. The Labute approximate surface area is 253 Å². The molecule has 2 amide bonds. The van der Waals surface area contributed by atoms with Crippen LogP contribution in [-0.2, 0) is 14.3 Å². The highest BCUT2D eigenvalue weighted by atomic mass is 16.6. The maximum atomic E-state index is 13.7. The second-order valence-corrected chi connectivity index (χ2v) is 13.6. The molecule has 6 aliphatic rings. The number of nitrogens with zero attached hydrogens (tertiary/aromatic N) is 3. The third-order valence-electron chi connectivity index (χ3n) is 10.2. The SMILES string of the molecule is CC(C)C(NC(=O)C12CC3CC(CC(C3)C1)C2)C(=O)NN=CC1=C(N2CCOCC2)/C(=C\c2cccc([N+](=O)[O-])c2)CC1. The fourth-order valence-corrected chi connectivity index (χ4v) is 8.56. The van der Waals surface area contributed by atoms with E-state index in [2.05, 4.69) is 20.7 Å². The van der Waals surface area contributed by atoms with E-state index in [-0.39, 0.29) is 33.8 Å². The molecule has 4 bridgehead atoms. The Morgan fingerprint density at radius 1 is 1.09 bits per heavy atom. The van der Waals surface area contributed by atoms with Crippen LogP contribution in [0.15, 0.2) is 46.2 Å². The van der Waals surface area contributed by atoms with Crippen LogP contribution >= 0.6 is 0 Å². The predicted octanol–water partition coefficient (Wildman–Crippen LogP) is 4.82. The number of nitro groups is 1. The molecule has 4 saturated carbocycles. The van der Waals surface area contributed by atoms with Gasteiger partial charge in [0.15, 0.2) is 0 Å². The second-order valence-electron chi connectivity index (χ2n) is 13.6. The van der Waals surface area contributed by atoms with Crippen LogP contribution in [0.5, 0.6) is 0 Å². The van der Waals surface area contributed by atoms with Crippen molar-refractivity contribution in [3.05, 3.63) is 56.8 Å². The highest BCUT2D eigenvalue weighted by Gasteiger charge is 2.55. The number of hydrogen-bond acceptors (Lipinski definition) is 7. The largest absolute Gasteiger partial charge is 0.378 e. The van der Waals surface area contributed by atoms with Crippen molar-refractivity contribution in [1.29, 1.82) is 0 Å². The summed E-state index contributed by atoms with van der Waals surface area (Å²) in [7, 11) is 0. The Bertz CT molecular complexity index is 1320. The minimum atomic E-state index is -0.654. The van der Waals surface area contributed by atoms with Gasteiger partial charge in [0.25, 0.3) is 11.6 Å². The zero-order valence-electron chi connectivity index (χ0n) is 25.2. The van der Waals surface area contributed by atoms with Gasteiger partial charge in [-0.05, 0) is 97.8 Å². The Morgan fingerprint density at radius 3 is 2.40 bits per heavy atom. The van der Waals surface area contributed by atoms with Crippen LogP contribution < -0.4 is 10.7 Å². The first kappa shape index (κ1) is 29.5. The van der Waals surface area contributed by atoms with Crippen LogP contribution in [0.2, 0.25) is 0 Å². The van der Waals surface area contributed by atoms with Gasteiger partial charge in [-0.1, -0.05) is 26.0 Å². The normalized spacial score (nSPS) is 30.0. The minimum absolute atomic E-state index is 0.0495. The standard InChI is InChI=1S/C33H43N5O5/c1-21(2)29(35-32(40)33-17-23-12-24(18-33)14-25(13-23)19-33)31(39)36-34-20-27-7-6-26(30(27)37-8-10-43-11-9-37)15-22-4-3-5-28(16-22)38(41)42/h3-5,15-16,20-21,23-25,29H,6-14,17-19H2,1-2H3,(H,35,40)(H,36,39)/b26-15-,34-20?. The Balaban J connectivity index is 1.17. The highest BCUT2D eigenvalue weighted by Crippen LogP contribution is 2.60. The van der Waals surface area contributed by atoms with Gasteiger partial charge in [0.2, 0.25) is 5.91 Å². The van der Waals surface area contributed by atoms with Gasteiger partial charge < -0.3 is 15.0 Å². The number of nitro benzene ring substituents is 1. The smallest absolute Gasteiger partial charge is 0.270 e. The first-order chi connectivity index (χ1) is 20.7. The lowest BCUT2D eigenvalue weighted by Crippen LogP contribution is -2.58. The molecule has 1 aliphatic heterocycles. The molecule has 0 radical (unpaired) electrons. The first-order valence-electron chi connectivity index (χ1n) is 15.9. The molecule has 1 heterocycles. The lowest BCUT2D eigenvalue weighted by atomic mass is 9.49. The monoisotopic (exact) mass is 589 g/mol. The fraction of sp³-hybridized carbons (Fsp3) is 0.606. The number of morpholine rings is 1. The maximum Gasteiger partial charge on any atom is 0.270 e. The number of carbonyl (C=O) groups is 2. The number of benzene rings is 1. The van der Waals surface area contributed by atoms with E-state index in [0.29, 0.717) is 31.0 Å². The first-order valence-corrected chi connectivity index (χ1v) is 15.9. The molecule has 5 aliphatic carbocycles. The lowest BCUT2D eigenvalue weighted by molar-refractivity contribution is -0.384. The van der Waals surface area contributed by atoms with E-state index in [1.165, 1.54) is 25.3 Å². The third kappa shape index (κ3) is 6.25. The number of amides is 2. The number of ether oxygens (including phenoxy) is 1. The molecule has 2 N–H and O–H groups in total. The van der Waals surface area contributed by atoms with Crippen molar-refractivity contribution in [3.63, 3.8) is 0 Å². The summed E-state index contributed by atoms with van der Waals surface area (Å²) in [4.78, 5) is 40.2. The van der Waals surface area contributed by atoms with E-state index in [1.54, 1.807) is 18.3 Å². The van der Waals surface area contributed by atoms with Gasteiger partial charge in [-0.25, -0.2) is 5.43 Å². The van der Waals surface area contributed by atoms with Gasteiger partial charge in [-0.15, -0.1) is 0 Å². The number of nitrogens with one attached hydrogen (secondary N) is 2. The molecule has 1 unspecified atom stereocenters. The number of allylic oxidation sites excluding steroid dienone is 2. The zero-order chi connectivity index (χ0) is 30.1. The molecule has 1 atom stereocenters. The zero-order valence-corrected chi connectivity index (χ0v) is 25.2. The summed E-state index contributed by atoms with van der Waals surface area (Å²) in [5.41, 5.74) is 6.37. The molecule has 10 nitrogen and oxygen atoms in total. The lowest BCUT2D eigenvalue weighted by Gasteiger charge is -2.55. The molecule has 1 aromatic carbocycles. The van der Waals surface area contributed by atoms with Gasteiger partial charge in [0, 0.05) is 36.3 Å².